The molecular weight excluding hydrogens is 232 g/mol. The summed E-state index contributed by atoms with van der Waals surface area (Å²) < 4.78 is 0. The fraction of sp³-hybridized carbons (Fsp3) is 0.111. The number of hydrogen-bond acceptors (Lipinski definition) is 4. The van der Waals surface area contributed by atoms with Crippen molar-refractivity contribution < 1.29 is 9.90 Å². The summed E-state index contributed by atoms with van der Waals surface area (Å²) in [5, 5.41) is 20.4. The fourth-order valence-corrected chi connectivity index (χ4v) is 1.49. The first-order valence-corrected chi connectivity index (χ1v) is 4.73. The highest BCUT2D eigenvalue weighted by atomic mass is 35.5. The first kappa shape index (κ1) is 10.6. The summed E-state index contributed by atoms with van der Waals surface area (Å²) in [6.45, 7) is 0. The van der Waals surface area contributed by atoms with Crippen molar-refractivity contribution >= 4 is 17.6 Å². The van der Waals surface area contributed by atoms with Gasteiger partial charge < -0.3 is 5.11 Å². The first-order valence-electron chi connectivity index (χ1n) is 4.35. The van der Waals surface area contributed by atoms with Crippen LogP contribution in [0.15, 0.2) is 18.2 Å². The maximum absolute atomic E-state index is 10.7. The van der Waals surface area contributed by atoms with Gasteiger partial charge in [-0.1, -0.05) is 17.7 Å². The standard InChI is InChI=1S/C9H7ClN4O2/c1-14-12-8(11-13-14)5-2-3-6(9(15)16)7(10)4-5/h2-4H,1H3,(H,15,16). The molecule has 0 saturated heterocycles. The molecule has 2 aromatic rings. The molecule has 0 aliphatic heterocycles. The SMILES string of the molecule is Cn1nnc(-c2ccc(C(=O)O)c(Cl)c2)n1. The number of halogens is 1. The molecule has 0 fully saturated rings. The number of aromatic carboxylic acids is 1. The van der Waals surface area contributed by atoms with E-state index in [-0.39, 0.29) is 10.6 Å². The number of tetrazole rings is 1. The Morgan fingerprint density at radius 2 is 2.25 bits per heavy atom. The van der Waals surface area contributed by atoms with Crippen LogP contribution in [0.3, 0.4) is 0 Å². The Hall–Kier alpha value is -1.95. The lowest BCUT2D eigenvalue weighted by atomic mass is 10.1. The summed E-state index contributed by atoms with van der Waals surface area (Å²) in [5.74, 6) is -0.662. The average molecular weight is 239 g/mol. The zero-order chi connectivity index (χ0) is 11.7. The molecular formula is C9H7ClN4O2. The number of carboxylic acid groups (broad SMARTS) is 1. The van der Waals surface area contributed by atoms with E-state index in [2.05, 4.69) is 15.4 Å². The fourth-order valence-electron chi connectivity index (χ4n) is 1.23. The summed E-state index contributed by atoms with van der Waals surface area (Å²) >= 11 is 5.82. The smallest absolute Gasteiger partial charge is 0.337 e. The molecule has 0 radical (unpaired) electrons. The number of carbonyl (C=O) groups is 1. The zero-order valence-corrected chi connectivity index (χ0v) is 9.01. The van der Waals surface area contributed by atoms with Crippen LogP contribution in [0.2, 0.25) is 5.02 Å². The van der Waals surface area contributed by atoms with Crippen molar-refractivity contribution in [1.29, 1.82) is 0 Å². The Morgan fingerprint density at radius 1 is 1.50 bits per heavy atom. The van der Waals surface area contributed by atoms with Gasteiger partial charge in [-0.2, -0.15) is 4.80 Å². The third-order valence-electron chi connectivity index (χ3n) is 1.97. The maximum atomic E-state index is 10.7. The monoisotopic (exact) mass is 238 g/mol. The number of hydrogen-bond donors (Lipinski definition) is 1. The lowest BCUT2D eigenvalue weighted by Crippen LogP contribution is -1.97. The van der Waals surface area contributed by atoms with E-state index in [9.17, 15) is 4.79 Å². The molecule has 82 valence electrons. The van der Waals surface area contributed by atoms with E-state index >= 15 is 0 Å². The second kappa shape index (κ2) is 3.90. The average Bonchev–Trinajstić information content (AvgIpc) is 2.64. The van der Waals surface area contributed by atoms with Crippen LogP contribution in [0.25, 0.3) is 11.4 Å². The van der Waals surface area contributed by atoms with E-state index in [0.717, 1.165) is 0 Å². The Balaban J connectivity index is 2.45. The third kappa shape index (κ3) is 1.87. The zero-order valence-electron chi connectivity index (χ0n) is 8.25. The van der Waals surface area contributed by atoms with Crippen LogP contribution >= 0.6 is 11.6 Å². The van der Waals surface area contributed by atoms with Crippen molar-refractivity contribution in [3.05, 3.63) is 28.8 Å². The molecule has 6 nitrogen and oxygen atoms in total. The molecule has 0 spiro atoms. The summed E-state index contributed by atoms with van der Waals surface area (Å²) in [7, 11) is 1.64. The van der Waals surface area contributed by atoms with Gasteiger partial charge in [0.05, 0.1) is 17.6 Å². The summed E-state index contributed by atoms with van der Waals surface area (Å²) in [5.41, 5.74) is 0.678. The molecule has 0 unspecified atom stereocenters. The van der Waals surface area contributed by atoms with Crippen LogP contribution in [-0.2, 0) is 7.05 Å². The quantitative estimate of drug-likeness (QED) is 0.851. The molecule has 16 heavy (non-hydrogen) atoms. The topological polar surface area (TPSA) is 80.9 Å². The minimum atomic E-state index is -1.07. The van der Waals surface area contributed by atoms with Gasteiger partial charge >= 0.3 is 5.97 Å². The van der Waals surface area contributed by atoms with E-state index in [1.165, 1.54) is 16.9 Å². The lowest BCUT2D eigenvalue weighted by Gasteiger charge is -2.00. The van der Waals surface area contributed by atoms with E-state index < -0.39 is 5.97 Å². The number of rotatable bonds is 2. The Kier molecular flexibility index (Phi) is 2.57. The van der Waals surface area contributed by atoms with E-state index in [0.29, 0.717) is 11.4 Å². The van der Waals surface area contributed by atoms with Crippen LogP contribution in [0.5, 0.6) is 0 Å². The van der Waals surface area contributed by atoms with Crippen molar-refractivity contribution in [2.45, 2.75) is 0 Å². The van der Waals surface area contributed by atoms with Crippen LogP contribution in [0.4, 0.5) is 0 Å². The first-order chi connectivity index (χ1) is 7.58. The Bertz CT molecular complexity index is 552. The van der Waals surface area contributed by atoms with Gasteiger partial charge in [-0.15, -0.1) is 10.2 Å². The number of nitrogens with zero attached hydrogens (tertiary/aromatic N) is 4. The van der Waals surface area contributed by atoms with Gasteiger partial charge in [0.25, 0.3) is 0 Å². The van der Waals surface area contributed by atoms with Crippen molar-refractivity contribution in [3.8, 4) is 11.4 Å². The highest BCUT2D eigenvalue weighted by molar-refractivity contribution is 6.33. The van der Waals surface area contributed by atoms with Crippen molar-refractivity contribution in [1.82, 2.24) is 20.2 Å². The molecule has 2 rings (SSSR count). The molecule has 0 saturated carbocycles. The van der Waals surface area contributed by atoms with E-state index in [1.54, 1.807) is 13.1 Å². The van der Waals surface area contributed by atoms with Crippen LogP contribution in [-0.4, -0.2) is 31.3 Å². The van der Waals surface area contributed by atoms with Crippen molar-refractivity contribution in [2.75, 3.05) is 0 Å². The van der Waals surface area contributed by atoms with Gasteiger partial charge in [-0.05, 0) is 17.3 Å². The normalized spacial score (nSPS) is 10.4. The summed E-state index contributed by atoms with van der Waals surface area (Å²) in [6, 6.07) is 4.50. The van der Waals surface area contributed by atoms with Gasteiger partial charge in [0.2, 0.25) is 5.82 Å². The highest BCUT2D eigenvalue weighted by Crippen LogP contribution is 2.22. The molecule has 7 heteroatoms. The van der Waals surface area contributed by atoms with Crippen molar-refractivity contribution in [3.63, 3.8) is 0 Å². The van der Waals surface area contributed by atoms with Gasteiger partial charge in [0.1, 0.15) is 0 Å². The van der Waals surface area contributed by atoms with Gasteiger partial charge in [-0.25, -0.2) is 4.79 Å². The van der Waals surface area contributed by atoms with Crippen LogP contribution < -0.4 is 0 Å². The minimum Gasteiger partial charge on any atom is -0.478 e. The second-order valence-corrected chi connectivity index (χ2v) is 3.51. The number of carboxylic acids is 1. The Labute approximate surface area is 95.5 Å². The predicted octanol–water partition coefficient (Wildman–Crippen LogP) is 1.23. The lowest BCUT2D eigenvalue weighted by molar-refractivity contribution is 0.0697. The van der Waals surface area contributed by atoms with Gasteiger partial charge in [0.15, 0.2) is 0 Å². The Morgan fingerprint density at radius 3 is 2.75 bits per heavy atom. The summed E-state index contributed by atoms with van der Waals surface area (Å²) in [4.78, 5) is 12.1. The van der Waals surface area contributed by atoms with Crippen LogP contribution in [0, 0.1) is 0 Å². The molecule has 0 aliphatic rings. The molecule has 0 amide bonds. The molecule has 1 aromatic carbocycles. The summed E-state index contributed by atoms with van der Waals surface area (Å²) in [6.07, 6.45) is 0. The number of aromatic nitrogens is 4. The molecule has 1 heterocycles. The van der Waals surface area contributed by atoms with Gasteiger partial charge in [0, 0.05) is 5.56 Å². The third-order valence-corrected chi connectivity index (χ3v) is 2.28. The molecule has 1 N–H and O–H groups in total. The maximum Gasteiger partial charge on any atom is 0.337 e. The second-order valence-electron chi connectivity index (χ2n) is 3.10. The molecule has 1 aromatic heterocycles. The van der Waals surface area contributed by atoms with E-state index in [4.69, 9.17) is 16.7 Å². The van der Waals surface area contributed by atoms with Crippen LogP contribution in [0.1, 0.15) is 10.4 Å². The highest BCUT2D eigenvalue weighted by Gasteiger charge is 2.11. The number of benzene rings is 1. The molecule has 0 aliphatic carbocycles. The van der Waals surface area contributed by atoms with Crippen molar-refractivity contribution in [2.24, 2.45) is 7.05 Å². The minimum absolute atomic E-state index is 0.0503. The predicted molar refractivity (Wildman–Crippen MR) is 56.2 cm³/mol. The number of aryl methyl sites for hydroxylation is 1. The van der Waals surface area contributed by atoms with E-state index in [1.807, 2.05) is 0 Å². The largest absolute Gasteiger partial charge is 0.478 e. The van der Waals surface area contributed by atoms with Gasteiger partial charge in [-0.3, -0.25) is 0 Å². The molecule has 0 bridgehead atoms. The molecule has 0 atom stereocenters.